The molecule has 3 saturated carbocycles. The average Bonchev–Trinajstić information content (AvgIpc) is 2.73. The summed E-state index contributed by atoms with van der Waals surface area (Å²) in [7, 11) is 0. The molecule has 3 aliphatic rings. The average molecular weight is 398 g/mol. The van der Waals surface area contributed by atoms with Crippen LogP contribution in [-0.2, 0) is 16.1 Å². The molecule has 0 spiro atoms. The highest BCUT2D eigenvalue weighted by molar-refractivity contribution is 5.92. The summed E-state index contributed by atoms with van der Waals surface area (Å²) < 4.78 is 0. The second-order valence-corrected chi connectivity index (χ2v) is 9.44. The summed E-state index contributed by atoms with van der Waals surface area (Å²) in [5, 5.41) is 6.19. The third-order valence-electron chi connectivity index (χ3n) is 7.42. The summed E-state index contributed by atoms with van der Waals surface area (Å²) in [5.74, 6) is 1.55. The van der Waals surface area contributed by atoms with E-state index in [-0.39, 0.29) is 29.7 Å². The van der Waals surface area contributed by atoms with Gasteiger partial charge in [0.25, 0.3) is 0 Å². The van der Waals surface area contributed by atoms with Crippen molar-refractivity contribution in [2.75, 3.05) is 5.32 Å². The van der Waals surface area contributed by atoms with Crippen molar-refractivity contribution in [3.8, 4) is 0 Å². The number of nitrogens with two attached hydrogens (primary N) is 1. The van der Waals surface area contributed by atoms with Crippen molar-refractivity contribution < 1.29 is 9.59 Å². The van der Waals surface area contributed by atoms with Crippen molar-refractivity contribution in [1.29, 1.82) is 0 Å². The summed E-state index contributed by atoms with van der Waals surface area (Å²) in [6.45, 7) is 0.504. The Morgan fingerprint density at radius 2 is 1.62 bits per heavy atom. The Balaban J connectivity index is 1.29. The summed E-state index contributed by atoms with van der Waals surface area (Å²) in [6.07, 6.45) is 11.0. The van der Waals surface area contributed by atoms with Crippen LogP contribution in [0, 0.1) is 23.7 Å². The molecular weight excluding hydrogens is 362 g/mol. The fraction of sp³-hybridized carbons (Fsp3) is 0.667. The van der Waals surface area contributed by atoms with Gasteiger partial charge in [-0.15, -0.1) is 0 Å². The smallest absolute Gasteiger partial charge is 0.227 e. The molecule has 0 aromatic heterocycles. The highest BCUT2D eigenvalue weighted by Crippen LogP contribution is 2.41. The number of anilines is 1. The molecule has 1 aromatic carbocycles. The highest BCUT2D eigenvalue weighted by Gasteiger charge is 2.40. The quantitative estimate of drug-likeness (QED) is 0.703. The van der Waals surface area contributed by atoms with Crippen LogP contribution in [0.25, 0.3) is 0 Å². The zero-order valence-corrected chi connectivity index (χ0v) is 17.4. The molecule has 1 aromatic rings. The van der Waals surface area contributed by atoms with Crippen LogP contribution in [0.4, 0.5) is 5.69 Å². The first-order valence-corrected chi connectivity index (χ1v) is 11.5. The van der Waals surface area contributed by atoms with Crippen molar-refractivity contribution in [1.82, 2.24) is 5.32 Å². The van der Waals surface area contributed by atoms with Crippen LogP contribution in [0.1, 0.15) is 69.8 Å². The van der Waals surface area contributed by atoms with Crippen molar-refractivity contribution in [2.24, 2.45) is 29.4 Å². The summed E-state index contributed by atoms with van der Waals surface area (Å²) in [4.78, 5) is 25.2. The predicted molar refractivity (Wildman–Crippen MR) is 115 cm³/mol. The normalized spacial score (nSPS) is 29.8. The molecule has 2 atom stereocenters. The molecule has 2 unspecified atom stereocenters. The number of hydrogen-bond donors (Lipinski definition) is 3. The maximum Gasteiger partial charge on any atom is 0.227 e. The molecule has 3 fully saturated rings. The minimum absolute atomic E-state index is 0.0966. The molecule has 2 bridgehead atoms. The number of amides is 2. The van der Waals surface area contributed by atoms with Crippen LogP contribution in [0.15, 0.2) is 24.3 Å². The van der Waals surface area contributed by atoms with Crippen molar-refractivity contribution in [3.05, 3.63) is 29.8 Å². The second kappa shape index (κ2) is 9.29. The molecule has 2 amide bonds. The monoisotopic (exact) mass is 397 g/mol. The molecule has 0 saturated heterocycles. The lowest BCUT2D eigenvalue weighted by atomic mass is 9.65. The third-order valence-corrected chi connectivity index (χ3v) is 7.42. The van der Waals surface area contributed by atoms with E-state index in [0.29, 0.717) is 18.4 Å². The van der Waals surface area contributed by atoms with Gasteiger partial charge in [-0.2, -0.15) is 0 Å². The molecule has 4 rings (SSSR count). The largest absolute Gasteiger partial charge is 0.352 e. The number of hydrogen-bond acceptors (Lipinski definition) is 3. The maximum atomic E-state index is 12.8. The molecule has 4 N–H and O–H groups in total. The molecule has 0 radical (unpaired) electrons. The van der Waals surface area contributed by atoms with E-state index in [4.69, 9.17) is 5.73 Å². The number of rotatable bonds is 5. The number of fused-ring (bicyclic) bond motifs is 2. The molecule has 0 aliphatic heterocycles. The lowest BCUT2D eigenvalue weighted by Gasteiger charge is -2.43. The topological polar surface area (TPSA) is 84.2 Å². The Hall–Kier alpha value is -1.88. The lowest BCUT2D eigenvalue weighted by Crippen LogP contribution is -2.49. The molecule has 158 valence electrons. The van der Waals surface area contributed by atoms with E-state index in [0.717, 1.165) is 49.8 Å². The van der Waals surface area contributed by atoms with Gasteiger partial charge in [0.05, 0.1) is 0 Å². The predicted octanol–water partition coefficient (Wildman–Crippen LogP) is 3.98. The van der Waals surface area contributed by atoms with Gasteiger partial charge in [-0.3, -0.25) is 9.59 Å². The van der Waals surface area contributed by atoms with Gasteiger partial charge in [0.2, 0.25) is 11.8 Å². The zero-order valence-electron chi connectivity index (χ0n) is 17.4. The van der Waals surface area contributed by atoms with Gasteiger partial charge in [-0.05, 0) is 68.1 Å². The Morgan fingerprint density at radius 3 is 2.34 bits per heavy atom. The van der Waals surface area contributed by atoms with Crippen LogP contribution in [-0.4, -0.2) is 17.9 Å². The van der Waals surface area contributed by atoms with Crippen LogP contribution >= 0.6 is 0 Å². The van der Waals surface area contributed by atoms with Gasteiger partial charge in [-0.1, -0.05) is 37.8 Å². The first-order valence-electron chi connectivity index (χ1n) is 11.5. The van der Waals surface area contributed by atoms with Crippen molar-refractivity contribution in [3.63, 3.8) is 0 Å². The molecule has 3 aliphatic carbocycles. The van der Waals surface area contributed by atoms with Gasteiger partial charge in [0, 0.05) is 30.1 Å². The van der Waals surface area contributed by atoms with E-state index in [1.165, 1.54) is 25.7 Å². The maximum absolute atomic E-state index is 12.8. The Kier molecular flexibility index (Phi) is 6.53. The van der Waals surface area contributed by atoms with Gasteiger partial charge < -0.3 is 16.4 Å². The van der Waals surface area contributed by atoms with Gasteiger partial charge in [0.15, 0.2) is 0 Å². The third kappa shape index (κ3) is 5.00. The number of benzene rings is 1. The second-order valence-electron chi connectivity index (χ2n) is 9.44. The standard InChI is InChI=1S/C24H35N3O2/c25-22-18-9-5-10-19(22)14-20(13-18)23(28)26-15-16-6-4-11-21(12-16)27-24(29)17-7-2-1-3-8-17/h4,6,11-12,17-20,22H,1-3,5,7-10,13-15,25H2,(H,26,28)(H,27,29). The SMILES string of the molecule is NC1C2CCCC1CC(C(=O)NCc1cccc(NC(=O)C3CCCCC3)c1)C2. The molecule has 5 heteroatoms. The summed E-state index contributed by atoms with van der Waals surface area (Å²) >= 11 is 0. The Morgan fingerprint density at radius 1 is 0.897 bits per heavy atom. The Bertz CT molecular complexity index is 715. The first kappa shape index (κ1) is 20.4. The van der Waals surface area contributed by atoms with E-state index in [9.17, 15) is 9.59 Å². The molecule has 29 heavy (non-hydrogen) atoms. The number of carbonyl (C=O) groups excluding carboxylic acids is 2. The van der Waals surface area contributed by atoms with Crippen LogP contribution in [0.3, 0.4) is 0 Å². The zero-order chi connectivity index (χ0) is 20.2. The van der Waals surface area contributed by atoms with E-state index in [2.05, 4.69) is 10.6 Å². The molecule has 0 heterocycles. The lowest BCUT2D eigenvalue weighted by molar-refractivity contribution is -0.128. The van der Waals surface area contributed by atoms with E-state index in [1.807, 2.05) is 24.3 Å². The minimum atomic E-state index is 0.0966. The van der Waals surface area contributed by atoms with Gasteiger partial charge >= 0.3 is 0 Å². The van der Waals surface area contributed by atoms with Crippen molar-refractivity contribution >= 4 is 17.5 Å². The fourth-order valence-electron chi connectivity index (χ4n) is 5.70. The molecule has 5 nitrogen and oxygen atoms in total. The van der Waals surface area contributed by atoms with Crippen LogP contribution < -0.4 is 16.4 Å². The van der Waals surface area contributed by atoms with Gasteiger partial charge in [0.1, 0.15) is 0 Å². The summed E-state index contributed by atoms with van der Waals surface area (Å²) in [6, 6.07) is 8.14. The van der Waals surface area contributed by atoms with Crippen molar-refractivity contribution in [2.45, 2.75) is 76.8 Å². The molecular formula is C24H35N3O2. The minimum Gasteiger partial charge on any atom is -0.352 e. The fourth-order valence-corrected chi connectivity index (χ4v) is 5.70. The summed E-state index contributed by atoms with van der Waals surface area (Å²) in [5.41, 5.74) is 8.20. The van der Waals surface area contributed by atoms with Crippen LogP contribution in [0.2, 0.25) is 0 Å². The van der Waals surface area contributed by atoms with Crippen LogP contribution in [0.5, 0.6) is 0 Å². The number of carbonyl (C=O) groups is 2. The Labute approximate surface area is 174 Å². The highest BCUT2D eigenvalue weighted by atomic mass is 16.2. The number of nitrogens with one attached hydrogen (secondary N) is 2. The van der Waals surface area contributed by atoms with E-state index in [1.54, 1.807) is 0 Å². The first-order chi connectivity index (χ1) is 14.1. The van der Waals surface area contributed by atoms with E-state index >= 15 is 0 Å². The van der Waals surface area contributed by atoms with E-state index < -0.39 is 0 Å². The van der Waals surface area contributed by atoms with Gasteiger partial charge in [-0.25, -0.2) is 0 Å².